The smallest absolute Gasteiger partial charge is 0.370 e. The van der Waals surface area contributed by atoms with Crippen molar-refractivity contribution in [1.82, 2.24) is 24.7 Å². The fourth-order valence-corrected chi connectivity index (χ4v) is 4.91. The van der Waals surface area contributed by atoms with Gasteiger partial charge in [-0.3, -0.25) is 4.68 Å². The van der Waals surface area contributed by atoms with Crippen LogP contribution < -0.4 is 4.90 Å². The van der Waals surface area contributed by atoms with E-state index in [1.165, 1.54) is 0 Å². The minimum atomic E-state index is -4.16. The lowest BCUT2D eigenvalue weighted by molar-refractivity contribution is -0.197. The van der Waals surface area contributed by atoms with E-state index < -0.39 is 12.1 Å². The summed E-state index contributed by atoms with van der Waals surface area (Å²) in [4.78, 5) is 16.3. The zero-order valence-corrected chi connectivity index (χ0v) is 19.2. The normalized spacial score (nSPS) is 25.6. The molecule has 180 valence electrons. The molecular weight excluding hydrogens is 445 g/mol. The molecule has 0 spiro atoms. The molecule has 0 unspecified atom stereocenters. The third kappa shape index (κ3) is 3.91. The monoisotopic (exact) mass is 472 g/mol. The summed E-state index contributed by atoms with van der Waals surface area (Å²) in [5, 5.41) is 5.24. The van der Waals surface area contributed by atoms with E-state index in [1.807, 2.05) is 30.8 Å². The Bertz CT molecular complexity index is 1230. The molecule has 3 aliphatic rings. The lowest BCUT2D eigenvalue weighted by atomic mass is 9.72. The van der Waals surface area contributed by atoms with Crippen molar-refractivity contribution in [3.63, 3.8) is 0 Å². The molecule has 7 nitrogen and oxygen atoms in total. The molecular formula is C24H27F3N6O. The number of rotatable bonds is 4. The van der Waals surface area contributed by atoms with Gasteiger partial charge in [-0.05, 0) is 51.2 Å². The zero-order chi connectivity index (χ0) is 23.6. The summed E-state index contributed by atoms with van der Waals surface area (Å²) in [6.07, 6.45) is 2.05. The molecule has 3 aromatic heterocycles. The largest absolute Gasteiger partial charge is 0.391 e. The second-order valence-corrected chi connectivity index (χ2v) is 9.87. The summed E-state index contributed by atoms with van der Waals surface area (Å²) in [6.45, 7) is 5.55. The van der Waals surface area contributed by atoms with Crippen molar-refractivity contribution < 1.29 is 17.9 Å². The maximum atomic E-state index is 13.2. The molecule has 6 rings (SSSR count). The quantitative estimate of drug-likeness (QED) is 0.543. The number of hydrogen-bond acceptors (Lipinski definition) is 6. The van der Waals surface area contributed by atoms with Gasteiger partial charge >= 0.3 is 6.18 Å². The van der Waals surface area contributed by atoms with Crippen LogP contribution in [0.4, 0.5) is 19.1 Å². The Morgan fingerprint density at radius 3 is 2.62 bits per heavy atom. The molecule has 3 aromatic rings. The molecule has 2 saturated carbocycles. The molecule has 34 heavy (non-hydrogen) atoms. The highest BCUT2D eigenvalue weighted by molar-refractivity contribution is 5.80. The second-order valence-electron chi connectivity index (χ2n) is 9.87. The van der Waals surface area contributed by atoms with Crippen LogP contribution in [0.3, 0.4) is 0 Å². The SMILES string of the molecule is Cc1cc2c(C3CC(C(F)(F)F)C3)nc(N3CCO[C@@H](c4cnn(C5CC5)c4)C3)nc2nc1C. The number of pyridine rings is 1. The Labute approximate surface area is 195 Å². The first-order valence-corrected chi connectivity index (χ1v) is 11.9. The molecule has 2 aliphatic carbocycles. The fraction of sp³-hybridized carbons (Fsp3) is 0.583. The number of aryl methyl sites for hydroxylation is 2. The number of ether oxygens (including phenoxy) is 1. The average molecular weight is 473 g/mol. The highest BCUT2D eigenvalue weighted by atomic mass is 19.4. The zero-order valence-electron chi connectivity index (χ0n) is 19.2. The van der Waals surface area contributed by atoms with Gasteiger partial charge in [0.2, 0.25) is 5.95 Å². The van der Waals surface area contributed by atoms with Crippen LogP contribution in [0.5, 0.6) is 0 Å². The van der Waals surface area contributed by atoms with Gasteiger partial charge in [0.1, 0.15) is 6.10 Å². The maximum Gasteiger partial charge on any atom is 0.391 e. The Hall–Kier alpha value is -2.75. The van der Waals surface area contributed by atoms with Crippen LogP contribution in [0.25, 0.3) is 11.0 Å². The average Bonchev–Trinajstić information content (AvgIpc) is 3.49. The van der Waals surface area contributed by atoms with E-state index in [0.29, 0.717) is 43.0 Å². The van der Waals surface area contributed by atoms with Crippen molar-refractivity contribution in [2.24, 2.45) is 5.92 Å². The first-order chi connectivity index (χ1) is 16.3. The summed E-state index contributed by atoms with van der Waals surface area (Å²) in [5.74, 6) is -0.994. The molecule has 4 heterocycles. The van der Waals surface area contributed by atoms with E-state index in [9.17, 15) is 13.2 Å². The Morgan fingerprint density at radius 2 is 1.88 bits per heavy atom. The highest BCUT2D eigenvalue weighted by Gasteiger charge is 2.49. The predicted molar refractivity (Wildman–Crippen MR) is 120 cm³/mol. The summed E-state index contributed by atoms with van der Waals surface area (Å²) in [6, 6.07) is 2.46. The van der Waals surface area contributed by atoms with E-state index in [-0.39, 0.29) is 24.9 Å². The maximum absolute atomic E-state index is 13.2. The molecule has 1 atom stereocenters. The second kappa shape index (κ2) is 7.90. The molecule has 0 amide bonds. The molecule has 0 N–H and O–H groups in total. The van der Waals surface area contributed by atoms with Gasteiger partial charge in [0, 0.05) is 35.3 Å². The minimum absolute atomic E-state index is 0.0636. The van der Waals surface area contributed by atoms with Crippen LogP contribution in [-0.4, -0.2) is 50.6 Å². The number of alkyl halides is 3. The van der Waals surface area contributed by atoms with E-state index in [2.05, 4.69) is 21.2 Å². The van der Waals surface area contributed by atoms with Crippen LogP contribution in [0.1, 0.15) is 66.3 Å². The van der Waals surface area contributed by atoms with E-state index in [0.717, 1.165) is 35.0 Å². The number of halogens is 3. The third-order valence-electron chi connectivity index (χ3n) is 7.40. The van der Waals surface area contributed by atoms with E-state index in [1.54, 1.807) is 0 Å². The van der Waals surface area contributed by atoms with Gasteiger partial charge in [-0.15, -0.1) is 0 Å². The lowest BCUT2D eigenvalue weighted by Crippen LogP contribution is -2.40. The Morgan fingerprint density at radius 1 is 1.09 bits per heavy atom. The van der Waals surface area contributed by atoms with Crippen molar-refractivity contribution in [3.05, 3.63) is 41.0 Å². The van der Waals surface area contributed by atoms with Crippen LogP contribution >= 0.6 is 0 Å². The summed E-state index contributed by atoms with van der Waals surface area (Å²) < 4.78 is 47.6. The van der Waals surface area contributed by atoms with E-state index in [4.69, 9.17) is 14.7 Å². The molecule has 0 bridgehead atoms. The standard InChI is InChI=1S/C24H27F3N6O/c1-13-7-19-21(15-8-17(9-15)24(25,26)27)30-23(31-22(19)29-14(13)2)32-5-6-34-20(12-32)16-10-28-33(11-16)18-3-4-18/h7,10-11,15,17-18,20H,3-6,8-9,12H2,1-2H3/t15?,17?,20-/m1/s1. The van der Waals surface area contributed by atoms with Crippen molar-refractivity contribution in [1.29, 1.82) is 0 Å². The van der Waals surface area contributed by atoms with Crippen LogP contribution in [0, 0.1) is 19.8 Å². The number of morpholine rings is 1. The first kappa shape index (κ1) is 21.8. The van der Waals surface area contributed by atoms with Crippen molar-refractivity contribution >= 4 is 17.0 Å². The van der Waals surface area contributed by atoms with Crippen LogP contribution in [0.2, 0.25) is 0 Å². The minimum Gasteiger partial charge on any atom is -0.370 e. The van der Waals surface area contributed by atoms with Crippen LogP contribution in [0.15, 0.2) is 18.5 Å². The number of fused-ring (bicyclic) bond motifs is 1. The Balaban J connectivity index is 1.32. The van der Waals surface area contributed by atoms with Gasteiger partial charge in [-0.25, -0.2) is 9.97 Å². The predicted octanol–water partition coefficient (Wildman–Crippen LogP) is 4.81. The molecule has 3 fully saturated rings. The molecule has 0 radical (unpaired) electrons. The van der Waals surface area contributed by atoms with Gasteiger partial charge < -0.3 is 9.64 Å². The number of aromatic nitrogens is 5. The van der Waals surface area contributed by atoms with Gasteiger partial charge in [0.05, 0.1) is 37.0 Å². The summed E-state index contributed by atoms with van der Waals surface area (Å²) >= 11 is 0. The molecule has 0 aromatic carbocycles. The Kier molecular flexibility index (Phi) is 5.05. The molecule has 1 saturated heterocycles. The fourth-order valence-electron chi connectivity index (χ4n) is 4.91. The topological polar surface area (TPSA) is 69.0 Å². The number of nitrogens with zero attached hydrogens (tertiary/aromatic N) is 6. The van der Waals surface area contributed by atoms with Gasteiger partial charge in [0.15, 0.2) is 5.65 Å². The van der Waals surface area contributed by atoms with Crippen molar-refractivity contribution in [3.8, 4) is 0 Å². The third-order valence-corrected chi connectivity index (χ3v) is 7.40. The van der Waals surface area contributed by atoms with Gasteiger partial charge in [-0.1, -0.05) is 0 Å². The number of anilines is 1. The van der Waals surface area contributed by atoms with Crippen LogP contribution in [-0.2, 0) is 4.74 Å². The van der Waals surface area contributed by atoms with Crippen molar-refractivity contribution in [2.45, 2.75) is 63.8 Å². The first-order valence-electron chi connectivity index (χ1n) is 11.9. The van der Waals surface area contributed by atoms with Gasteiger partial charge in [0.25, 0.3) is 0 Å². The van der Waals surface area contributed by atoms with E-state index >= 15 is 0 Å². The molecule has 10 heteroatoms. The molecule has 1 aliphatic heterocycles. The summed E-state index contributed by atoms with van der Waals surface area (Å²) in [5.41, 5.74) is 4.09. The number of hydrogen-bond donors (Lipinski definition) is 0. The lowest BCUT2D eigenvalue weighted by Gasteiger charge is -2.37. The summed E-state index contributed by atoms with van der Waals surface area (Å²) in [7, 11) is 0. The highest BCUT2D eigenvalue weighted by Crippen LogP contribution is 2.50. The van der Waals surface area contributed by atoms with Gasteiger partial charge in [-0.2, -0.15) is 23.3 Å². The van der Waals surface area contributed by atoms with Crippen molar-refractivity contribution in [2.75, 3.05) is 24.6 Å².